The number of thiophene rings is 1. The third kappa shape index (κ3) is 1.64. The summed E-state index contributed by atoms with van der Waals surface area (Å²) in [5, 5.41) is 11.5. The Kier molecular flexibility index (Phi) is 2.26. The first kappa shape index (κ1) is 10.2. The van der Waals surface area contributed by atoms with E-state index in [2.05, 4.69) is 20.3 Å². The van der Waals surface area contributed by atoms with Gasteiger partial charge < -0.3 is 5.11 Å². The molecule has 0 unspecified atom stereocenters. The van der Waals surface area contributed by atoms with Crippen molar-refractivity contribution in [3.05, 3.63) is 35.7 Å². The van der Waals surface area contributed by atoms with Crippen molar-refractivity contribution in [1.82, 2.24) is 15.0 Å². The van der Waals surface area contributed by atoms with Crippen LogP contribution in [-0.2, 0) is 0 Å². The number of aromatic nitrogens is 3. The molecule has 0 fully saturated rings. The molecule has 0 aliphatic rings. The molecule has 3 aromatic rings. The summed E-state index contributed by atoms with van der Waals surface area (Å²) >= 11 is 1.61. The molecule has 1 N–H and O–H groups in total. The van der Waals surface area contributed by atoms with Gasteiger partial charge in [-0.3, -0.25) is 4.98 Å². The van der Waals surface area contributed by atoms with E-state index in [1.165, 1.54) is 6.20 Å². The fourth-order valence-electron chi connectivity index (χ4n) is 1.73. The number of nitrogens with zero attached hydrogens (tertiary/aromatic N) is 3. The van der Waals surface area contributed by atoms with E-state index in [-0.39, 0.29) is 5.75 Å². The summed E-state index contributed by atoms with van der Waals surface area (Å²) < 4.78 is 1.03. The van der Waals surface area contributed by atoms with Gasteiger partial charge in [0.15, 0.2) is 0 Å². The highest BCUT2D eigenvalue weighted by Gasteiger charge is 2.10. The monoisotopic (exact) mass is 243 g/mol. The van der Waals surface area contributed by atoms with Crippen molar-refractivity contribution in [3.8, 4) is 17.0 Å². The lowest BCUT2D eigenvalue weighted by molar-refractivity contribution is 0.473. The van der Waals surface area contributed by atoms with Crippen molar-refractivity contribution in [1.29, 1.82) is 0 Å². The van der Waals surface area contributed by atoms with Gasteiger partial charge in [-0.25, -0.2) is 9.97 Å². The molecule has 0 aliphatic heterocycles. The Labute approximate surface area is 102 Å². The number of aromatic hydroxyl groups is 1. The van der Waals surface area contributed by atoms with E-state index in [0.29, 0.717) is 0 Å². The van der Waals surface area contributed by atoms with Crippen LogP contribution in [0.4, 0.5) is 0 Å². The lowest BCUT2D eigenvalue weighted by atomic mass is 10.2. The lowest BCUT2D eigenvalue weighted by Crippen LogP contribution is -1.87. The van der Waals surface area contributed by atoms with Crippen LogP contribution in [0.1, 0.15) is 5.56 Å². The van der Waals surface area contributed by atoms with E-state index in [0.717, 1.165) is 27.0 Å². The number of hydrogen-bond donors (Lipinski definition) is 1. The van der Waals surface area contributed by atoms with Crippen LogP contribution in [-0.4, -0.2) is 20.1 Å². The summed E-state index contributed by atoms with van der Waals surface area (Å²) in [6, 6.07) is 1.66. The highest BCUT2D eigenvalue weighted by molar-refractivity contribution is 7.17. The molecule has 0 aromatic carbocycles. The van der Waals surface area contributed by atoms with E-state index in [1.54, 1.807) is 29.9 Å². The van der Waals surface area contributed by atoms with Gasteiger partial charge in [0.05, 0.1) is 22.1 Å². The Hall–Kier alpha value is -2.01. The Bertz CT molecular complexity index is 693. The third-order valence-electron chi connectivity index (χ3n) is 2.53. The topological polar surface area (TPSA) is 58.9 Å². The summed E-state index contributed by atoms with van der Waals surface area (Å²) in [7, 11) is 0. The van der Waals surface area contributed by atoms with Crippen LogP contribution in [0.2, 0.25) is 0 Å². The van der Waals surface area contributed by atoms with Crippen LogP contribution in [0, 0.1) is 6.92 Å². The molecule has 0 spiro atoms. The molecule has 3 rings (SSSR count). The van der Waals surface area contributed by atoms with Gasteiger partial charge in [0.25, 0.3) is 0 Å². The molecule has 17 heavy (non-hydrogen) atoms. The molecule has 0 saturated carbocycles. The molecule has 4 nitrogen and oxygen atoms in total. The van der Waals surface area contributed by atoms with E-state index in [4.69, 9.17) is 0 Å². The first-order valence-corrected chi connectivity index (χ1v) is 5.97. The van der Waals surface area contributed by atoms with Crippen molar-refractivity contribution in [2.45, 2.75) is 6.92 Å². The number of aryl methyl sites for hydroxylation is 1. The number of pyridine rings is 1. The van der Waals surface area contributed by atoms with Crippen LogP contribution in [0.5, 0.6) is 5.75 Å². The minimum absolute atomic E-state index is 0.141. The molecule has 0 saturated heterocycles. The second-order valence-corrected chi connectivity index (χ2v) is 4.63. The number of hydrogen-bond acceptors (Lipinski definition) is 5. The lowest BCUT2D eigenvalue weighted by Gasteiger charge is -2.01. The average Bonchev–Trinajstić information content (AvgIpc) is 2.71. The summed E-state index contributed by atoms with van der Waals surface area (Å²) in [6.07, 6.45) is 4.64. The Morgan fingerprint density at radius 3 is 2.94 bits per heavy atom. The summed E-state index contributed by atoms with van der Waals surface area (Å²) in [6.45, 7) is 2.02. The van der Waals surface area contributed by atoms with Gasteiger partial charge in [0.2, 0.25) is 0 Å². The average molecular weight is 243 g/mol. The van der Waals surface area contributed by atoms with E-state index < -0.39 is 0 Å². The van der Waals surface area contributed by atoms with Crippen LogP contribution < -0.4 is 0 Å². The van der Waals surface area contributed by atoms with Gasteiger partial charge >= 0.3 is 0 Å². The molecule has 0 aliphatic carbocycles. The van der Waals surface area contributed by atoms with Crippen molar-refractivity contribution in [3.63, 3.8) is 0 Å². The van der Waals surface area contributed by atoms with E-state index in [9.17, 15) is 5.11 Å². The third-order valence-corrected chi connectivity index (χ3v) is 3.62. The molecular weight excluding hydrogens is 234 g/mol. The standard InChI is InChI=1S/C12H9N3OS/c1-7-5-17-12-10(7)14-6-15-11(12)8-2-9(16)4-13-3-8/h2-6,16H,1H3. The Morgan fingerprint density at radius 1 is 1.24 bits per heavy atom. The maximum Gasteiger partial charge on any atom is 0.134 e. The zero-order chi connectivity index (χ0) is 11.8. The van der Waals surface area contributed by atoms with E-state index in [1.807, 2.05) is 6.92 Å². The summed E-state index contributed by atoms with van der Waals surface area (Å²) in [5.41, 5.74) is 3.72. The van der Waals surface area contributed by atoms with Gasteiger partial charge in [0.1, 0.15) is 12.1 Å². The van der Waals surface area contributed by atoms with Gasteiger partial charge in [-0.2, -0.15) is 0 Å². The van der Waals surface area contributed by atoms with Crippen molar-refractivity contribution >= 4 is 21.6 Å². The normalized spacial score (nSPS) is 10.9. The molecule has 0 bridgehead atoms. The van der Waals surface area contributed by atoms with Crippen molar-refractivity contribution in [2.24, 2.45) is 0 Å². The number of rotatable bonds is 1. The SMILES string of the molecule is Cc1csc2c(-c3cncc(O)c3)ncnc12. The van der Waals surface area contributed by atoms with Crippen molar-refractivity contribution < 1.29 is 5.11 Å². The molecule has 3 aromatic heterocycles. The molecule has 84 valence electrons. The van der Waals surface area contributed by atoms with Gasteiger partial charge in [-0.15, -0.1) is 11.3 Å². The highest BCUT2D eigenvalue weighted by Crippen LogP contribution is 2.32. The molecule has 5 heteroatoms. The molecule has 0 amide bonds. The fourth-order valence-corrected chi connectivity index (χ4v) is 2.75. The second-order valence-electron chi connectivity index (χ2n) is 3.75. The minimum atomic E-state index is 0.141. The second kappa shape index (κ2) is 3.78. The Morgan fingerprint density at radius 2 is 2.12 bits per heavy atom. The van der Waals surface area contributed by atoms with Gasteiger partial charge in [-0.05, 0) is 23.9 Å². The van der Waals surface area contributed by atoms with E-state index >= 15 is 0 Å². The molecular formula is C12H9N3OS. The quantitative estimate of drug-likeness (QED) is 0.714. The zero-order valence-electron chi connectivity index (χ0n) is 9.08. The summed E-state index contributed by atoms with van der Waals surface area (Å²) in [4.78, 5) is 12.5. The molecule has 0 radical (unpaired) electrons. The number of fused-ring (bicyclic) bond motifs is 1. The highest BCUT2D eigenvalue weighted by atomic mass is 32.1. The first-order chi connectivity index (χ1) is 8.25. The van der Waals surface area contributed by atoms with Crippen LogP contribution in [0.15, 0.2) is 30.2 Å². The zero-order valence-corrected chi connectivity index (χ0v) is 9.90. The smallest absolute Gasteiger partial charge is 0.134 e. The van der Waals surface area contributed by atoms with Crippen LogP contribution >= 0.6 is 11.3 Å². The maximum atomic E-state index is 9.45. The largest absolute Gasteiger partial charge is 0.506 e. The molecule has 0 atom stereocenters. The van der Waals surface area contributed by atoms with Gasteiger partial charge in [0, 0.05) is 11.8 Å². The van der Waals surface area contributed by atoms with Crippen molar-refractivity contribution in [2.75, 3.05) is 0 Å². The predicted octanol–water partition coefficient (Wildman–Crippen LogP) is 2.77. The molecule has 3 heterocycles. The predicted molar refractivity (Wildman–Crippen MR) is 67.0 cm³/mol. The van der Waals surface area contributed by atoms with Crippen LogP contribution in [0.25, 0.3) is 21.5 Å². The Balaban J connectivity index is 2.30. The first-order valence-electron chi connectivity index (χ1n) is 5.09. The summed E-state index contributed by atoms with van der Waals surface area (Å²) in [5.74, 6) is 0.141. The van der Waals surface area contributed by atoms with Crippen LogP contribution in [0.3, 0.4) is 0 Å². The fraction of sp³-hybridized carbons (Fsp3) is 0.0833. The maximum absolute atomic E-state index is 9.45. The van der Waals surface area contributed by atoms with Gasteiger partial charge in [-0.1, -0.05) is 0 Å². The minimum Gasteiger partial charge on any atom is -0.506 e.